The number of para-hydroxylation sites is 1. The second kappa shape index (κ2) is 13.4. The van der Waals surface area contributed by atoms with Gasteiger partial charge in [0, 0.05) is 44.8 Å². The standard InChI is InChI=1S/C23H38N4O2.HI/c1-18(2)28-16-15-27-13-11-20(12-14-27)26-23(24-3)25-17-19-7-4-5-10-22(19)29-21-8-6-9-21;/h4-5,7,10,18,20-21H,6,8-9,11-17H2,1-3H3,(H2,24,25,26);1H. The van der Waals surface area contributed by atoms with Crippen molar-refractivity contribution in [2.24, 2.45) is 4.99 Å². The van der Waals surface area contributed by atoms with Gasteiger partial charge in [-0.3, -0.25) is 4.99 Å². The van der Waals surface area contributed by atoms with Crippen molar-refractivity contribution in [2.45, 2.75) is 70.7 Å². The van der Waals surface area contributed by atoms with Gasteiger partial charge in [-0.2, -0.15) is 0 Å². The molecule has 1 aliphatic carbocycles. The third-order valence-electron chi connectivity index (χ3n) is 5.78. The molecule has 1 aromatic carbocycles. The Morgan fingerprint density at radius 3 is 2.53 bits per heavy atom. The van der Waals surface area contributed by atoms with E-state index in [4.69, 9.17) is 9.47 Å². The molecule has 3 rings (SSSR count). The summed E-state index contributed by atoms with van der Waals surface area (Å²) in [6.07, 6.45) is 6.59. The van der Waals surface area contributed by atoms with Crippen molar-refractivity contribution in [2.75, 3.05) is 33.3 Å². The molecule has 0 aromatic heterocycles. The second-order valence-electron chi connectivity index (χ2n) is 8.38. The minimum Gasteiger partial charge on any atom is -0.490 e. The van der Waals surface area contributed by atoms with Crippen molar-refractivity contribution in [3.8, 4) is 5.75 Å². The van der Waals surface area contributed by atoms with E-state index in [0.717, 1.165) is 50.8 Å². The Bertz CT molecular complexity index is 644. The summed E-state index contributed by atoms with van der Waals surface area (Å²) in [5.74, 6) is 1.86. The molecule has 0 amide bonds. The highest BCUT2D eigenvalue weighted by molar-refractivity contribution is 14.0. The summed E-state index contributed by atoms with van der Waals surface area (Å²) >= 11 is 0. The number of rotatable bonds is 9. The van der Waals surface area contributed by atoms with Crippen LogP contribution in [0.4, 0.5) is 0 Å². The SMILES string of the molecule is CN=C(NCc1ccccc1OC1CCC1)NC1CCN(CCOC(C)C)CC1.I. The van der Waals surface area contributed by atoms with Gasteiger partial charge in [0.25, 0.3) is 0 Å². The first-order valence-corrected chi connectivity index (χ1v) is 11.2. The molecular formula is C23H39IN4O2. The maximum absolute atomic E-state index is 6.14. The van der Waals surface area contributed by atoms with Crippen molar-refractivity contribution in [3.05, 3.63) is 29.8 Å². The predicted molar refractivity (Wildman–Crippen MR) is 134 cm³/mol. The van der Waals surface area contributed by atoms with E-state index in [9.17, 15) is 0 Å². The molecule has 6 nitrogen and oxygen atoms in total. The molecule has 0 bridgehead atoms. The summed E-state index contributed by atoms with van der Waals surface area (Å²) in [6.45, 7) is 8.95. The van der Waals surface area contributed by atoms with Gasteiger partial charge in [0.05, 0.1) is 18.8 Å². The summed E-state index contributed by atoms with van der Waals surface area (Å²) in [5, 5.41) is 7.06. The third kappa shape index (κ3) is 8.23. The first-order chi connectivity index (χ1) is 14.1. The largest absolute Gasteiger partial charge is 0.490 e. The van der Waals surface area contributed by atoms with Crippen molar-refractivity contribution in [3.63, 3.8) is 0 Å². The zero-order valence-corrected chi connectivity index (χ0v) is 21.1. The predicted octanol–water partition coefficient (Wildman–Crippen LogP) is 3.79. The fraction of sp³-hybridized carbons (Fsp3) is 0.696. The summed E-state index contributed by atoms with van der Waals surface area (Å²) < 4.78 is 11.8. The molecule has 1 saturated carbocycles. The summed E-state index contributed by atoms with van der Waals surface area (Å²) in [7, 11) is 1.84. The number of ether oxygens (including phenoxy) is 2. The average molecular weight is 530 g/mol. The number of piperidine rings is 1. The number of nitrogens with one attached hydrogen (secondary N) is 2. The van der Waals surface area contributed by atoms with Gasteiger partial charge in [-0.15, -0.1) is 24.0 Å². The first-order valence-electron chi connectivity index (χ1n) is 11.2. The fourth-order valence-electron chi connectivity index (χ4n) is 3.72. The van der Waals surface area contributed by atoms with Crippen molar-refractivity contribution >= 4 is 29.9 Å². The normalized spacial score (nSPS) is 18.6. The smallest absolute Gasteiger partial charge is 0.191 e. The lowest BCUT2D eigenvalue weighted by molar-refractivity contribution is 0.0532. The monoisotopic (exact) mass is 530 g/mol. The van der Waals surface area contributed by atoms with Crippen LogP contribution < -0.4 is 15.4 Å². The Morgan fingerprint density at radius 1 is 1.17 bits per heavy atom. The van der Waals surface area contributed by atoms with Crippen LogP contribution in [0.3, 0.4) is 0 Å². The molecule has 2 N–H and O–H groups in total. The Morgan fingerprint density at radius 2 is 1.90 bits per heavy atom. The minimum absolute atomic E-state index is 0. The van der Waals surface area contributed by atoms with E-state index in [1.165, 1.54) is 24.8 Å². The molecular weight excluding hydrogens is 491 g/mol. The Kier molecular flexibility index (Phi) is 11.2. The highest BCUT2D eigenvalue weighted by Gasteiger charge is 2.21. The summed E-state index contributed by atoms with van der Waals surface area (Å²) in [5.41, 5.74) is 1.18. The molecule has 2 fully saturated rings. The fourth-order valence-corrected chi connectivity index (χ4v) is 3.72. The number of halogens is 1. The summed E-state index contributed by atoms with van der Waals surface area (Å²) in [6, 6.07) is 8.78. The van der Waals surface area contributed by atoms with Crippen LogP contribution in [0, 0.1) is 0 Å². The lowest BCUT2D eigenvalue weighted by atomic mass is 9.96. The third-order valence-corrected chi connectivity index (χ3v) is 5.78. The van der Waals surface area contributed by atoms with E-state index in [-0.39, 0.29) is 24.0 Å². The van der Waals surface area contributed by atoms with E-state index in [0.29, 0.717) is 24.8 Å². The molecule has 2 aliphatic rings. The molecule has 1 aliphatic heterocycles. The van der Waals surface area contributed by atoms with Crippen molar-refractivity contribution in [1.82, 2.24) is 15.5 Å². The van der Waals surface area contributed by atoms with Gasteiger partial charge in [-0.25, -0.2) is 0 Å². The van der Waals surface area contributed by atoms with E-state index >= 15 is 0 Å². The molecule has 0 atom stereocenters. The first kappa shape index (κ1) is 25.2. The van der Waals surface area contributed by atoms with Gasteiger partial charge < -0.3 is 25.0 Å². The highest BCUT2D eigenvalue weighted by Crippen LogP contribution is 2.27. The second-order valence-corrected chi connectivity index (χ2v) is 8.38. The van der Waals surface area contributed by atoms with Crippen LogP contribution in [0.1, 0.15) is 51.5 Å². The zero-order valence-electron chi connectivity index (χ0n) is 18.7. The van der Waals surface area contributed by atoms with Crippen LogP contribution in [0.25, 0.3) is 0 Å². The van der Waals surface area contributed by atoms with Gasteiger partial charge in [-0.1, -0.05) is 18.2 Å². The zero-order chi connectivity index (χ0) is 20.5. The maximum atomic E-state index is 6.14. The van der Waals surface area contributed by atoms with Crippen molar-refractivity contribution in [1.29, 1.82) is 0 Å². The molecule has 1 aromatic rings. The molecule has 30 heavy (non-hydrogen) atoms. The topological polar surface area (TPSA) is 58.1 Å². The number of hydrogen-bond donors (Lipinski definition) is 2. The number of guanidine groups is 1. The molecule has 0 radical (unpaired) electrons. The van der Waals surface area contributed by atoms with E-state index in [1.807, 2.05) is 13.1 Å². The Labute approximate surface area is 199 Å². The maximum Gasteiger partial charge on any atom is 0.191 e. The van der Waals surface area contributed by atoms with Gasteiger partial charge in [-0.05, 0) is 52.0 Å². The highest BCUT2D eigenvalue weighted by atomic mass is 127. The average Bonchev–Trinajstić information content (AvgIpc) is 2.69. The summed E-state index contributed by atoms with van der Waals surface area (Å²) in [4.78, 5) is 6.91. The Hall–Kier alpha value is -1.06. The molecule has 1 heterocycles. The number of hydrogen-bond acceptors (Lipinski definition) is 4. The lowest BCUT2D eigenvalue weighted by Crippen LogP contribution is -2.49. The van der Waals surface area contributed by atoms with Gasteiger partial charge in [0.1, 0.15) is 5.75 Å². The van der Waals surface area contributed by atoms with E-state index in [1.54, 1.807) is 0 Å². The number of likely N-dealkylation sites (tertiary alicyclic amines) is 1. The minimum atomic E-state index is 0. The Balaban J connectivity index is 0.00000320. The van der Waals surface area contributed by atoms with Crippen LogP contribution in [-0.4, -0.2) is 62.4 Å². The molecule has 170 valence electrons. The lowest BCUT2D eigenvalue weighted by Gasteiger charge is -2.33. The van der Waals surface area contributed by atoms with E-state index in [2.05, 4.69) is 52.6 Å². The number of aliphatic imine (C=N–C) groups is 1. The molecule has 7 heteroatoms. The van der Waals surface area contributed by atoms with Crippen LogP contribution in [0.2, 0.25) is 0 Å². The van der Waals surface area contributed by atoms with E-state index < -0.39 is 0 Å². The van der Waals surface area contributed by atoms with Crippen LogP contribution in [-0.2, 0) is 11.3 Å². The van der Waals surface area contributed by atoms with Crippen molar-refractivity contribution < 1.29 is 9.47 Å². The number of nitrogens with zero attached hydrogens (tertiary/aromatic N) is 2. The van der Waals surface area contributed by atoms with Gasteiger partial charge in [0.2, 0.25) is 0 Å². The van der Waals surface area contributed by atoms with Gasteiger partial charge >= 0.3 is 0 Å². The van der Waals surface area contributed by atoms with Gasteiger partial charge in [0.15, 0.2) is 5.96 Å². The van der Waals surface area contributed by atoms with Crippen LogP contribution in [0.5, 0.6) is 5.75 Å². The quantitative estimate of drug-likeness (QED) is 0.289. The number of benzene rings is 1. The molecule has 0 spiro atoms. The van der Waals surface area contributed by atoms with Crippen LogP contribution >= 0.6 is 24.0 Å². The molecule has 1 saturated heterocycles. The van der Waals surface area contributed by atoms with Crippen LogP contribution in [0.15, 0.2) is 29.3 Å². The molecule has 0 unspecified atom stereocenters.